The summed E-state index contributed by atoms with van der Waals surface area (Å²) in [5.74, 6) is 0. The van der Waals surface area contributed by atoms with Gasteiger partial charge in [-0.3, -0.25) is 0 Å². The van der Waals surface area contributed by atoms with Gasteiger partial charge in [0.05, 0.1) is 18.1 Å². The molecule has 1 aliphatic rings. The van der Waals surface area contributed by atoms with E-state index in [2.05, 4.69) is 4.83 Å². The van der Waals surface area contributed by atoms with Crippen LogP contribution < -0.4 is 22.2 Å². The van der Waals surface area contributed by atoms with Gasteiger partial charge in [-0.2, -0.15) is 0 Å². The van der Waals surface area contributed by atoms with Gasteiger partial charge in [-0.05, 0) is 19.1 Å². The molecule has 0 unspecified atom stereocenters. The van der Waals surface area contributed by atoms with Gasteiger partial charge in [0.15, 0.2) is 0 Å². The van der Waals surface area contributed by atoms with Crippen molar-refractivity contribution >= 4 is 10.0 Å². The number of morpholine rings is 1. The quantitative estimate of drug-likeness (QED) is 0.599. The highest BCUT2D eigenvalue weighted by Crippen LogP contribution is 2.08. The Balaban J connectivity index is 0.00000162. The van der Waals surface area contributed by atoms with Crippen LogP contribution >= 0.6 is 0 Å². The predicted molar refractivity (Wildman–Crippen MR) is 63.0 cm³/mol. The number of aryl methyl sites for hydroxylation is 1. The minimum absolute atomic E-state index is 0. The molecule has 0 radical (unpaired) electrons. The molecular formula is C11H17ClN2O3S. The molecule has 7 heteroatoms. The van der Waals surface area contributed by atoms with Crippen molar-refractivity contribution in [3.8, 4) is 0 Å². The molecule has 102 valence electrons. The van der Waals surface area contributed by atoms with Crippen LogP contribution in [-0.4, -0.2) is 34.7 Å². The third-order valence-electron chi connectivity index (χ3n) is 2.71. The van der Waals surface area contributed by atoms with E-state index in [0.717, 1.165) is 10.6 Å². The minimum Gasteiger partial charge on any atom is -1.00 e. The minimum atomic E-state index is -3.42. The Hall–Kier alpha value is -0.660. The highest BCUT2D eigenvalue weighted by Gasteiger charge is 2.22. The van der Waals surface area contributed by atoms with Gasteiger partial charge in [-0.1, -0.05) is 22.5 Å². The Morgan fingerprint density at radius 1 is 1.17 bits per heavy atom. The van der Waals surface area contributed by atoms with Crippen molar-refractivity contribution in [1.29, 1.82) is 0 Å². The summed E-state index contributed by atoms with van der Waals surface area (Å²) in [7, 11) is -3.42. The van der Waals surface area contributed by atoms with Crippen LogP contribution in [0.15, 0.2) is 29.2 Å². The van der Waals surface area contributed by atoms with E-state index in [9.17, 15) is 8.42 Å². The van der Waals surface area contributed by atoms with Gasteiger partial charge in [0, 0.05) is 0 Å². The lowest BCUT2D eigenvalue weighted by molar-refractivity contribution is -0.938. The largest absolute Gasteiger partial charge is 1.00 e. The van der Waals surface area contributed by atoms with E-state index in [4.69, 9.17) is 4.74 Å². The molecule has 2 N–H and O–H groups in total. The summed E-state index contributed by atoms with van der Waals surface area (Å²) >= 11 is 0. The highest BCUT2D eigenvalue weighted by atomic mass is 35.5. The molecule has 1 aromatic carbocycles. The first-order chi connectivity index (χ1) is 8.08. The van der Waals surface area contributed by atoms with Crippen LogP contribution in [0.4, 0.5) is 0 Å². The number of sulfonamides is 1. The fourth-order valence-electron chi connectivity index (χ4n) is 1.69. The van der Waals surface area contributed by atoms with Gasteiger partial charge in [0.25, 0.3) is 10.0 Å². The Bertz CT molecular complexity index is 470. The monoisotopic (exact) mass is 292 g/mol. The number of quaternary nitrogens is 1. The second kappa shape index (κ2) is 6.49. The molecule has 0 aromatic heterocycles. The van der Waals surface area contributed by atoms with Gasteiger partial charge in [-0.25, -0.2) is 13.4 Å². The van der Waals surface area contributed by atoms with Crippen LogP contribution in [0.2, 0.25) is 0 Å². The molecular weight excluding hydrogens is 276 g/mol. The SMILES string of the molecule is Cc1ccc(S(=O)(=O)N[NH+]2CCOCC2)cc1.[Cl-]. The molecule has 0 atom stereocenters. The van der Waals surface area contributed by atoms with Crippen LogP contribution in [0.5, 0.6) is 0 Å². The molecule has 0 amide bonds. The Labute approximate surface area is 114 Å². The maximum Gasteiger partial charge on any atom is 0.282 e. The van der Waals surface area contributed by atoms with E-state index in [1.807, 2.05) is 6.92 Å². The molecule has 1 heterocycles. The van der Waals surface area contributed by atoms with E-state index in [1.165, 1.54) is 0 Å². The summed E-state index contributed by atoms with van der Waals surface area (Å²) in [6, 6.07) is 6.83. The number of benzene rings is 1. The first-order valence-electron chi connectivity index (χ1n) is 5.60. The number of hydrogen-bond acceptors (Lipinski definition) is 3. The zero-order chi connectivity index (χ0) is 12.3. The lowest BCUT2D eigenvalue weighted by Crippen LogP contribution is -3.20. The van der Waals surface area contributed by atoms with Crippen molar-refractivity contribution in [2.24, 2.45) is 0 Å². The van der Waals surface area contributed by atoms with Crippen LogP contribution in [0, 0.1) is 6.92 Å². The fraction of sp³-hybridized carbons (Fsp3) is 0.455. The zero-order valence-electron chi connectivity index (χ0n) is 10.1. The summed E-state index contributed by atoms with van der Waals surface area (Å²) in [5.41, 5.74) is 1.04. The average molecular weight is 293 g/mol. The number of ether oxygens (including phenoxy) is 1. The standard InChI is InChI=1S/C11H16N2O3S.ClH/c1-10-2-4-11(5-3-10)17(14,15)12-13-6-8-16-9-7-13;/h2-5,12H,6-9H2,1H3;1H. The topological polar surface area (TPSA) is 59.8 Å². The maximum absolute atomic E-state index is 12.0. The number of nitrogens with one attached hydrogen (secondary N) is 2. The molecule has 0 saturated carbocycles. The van der Waals surface area contributed by atoms with E-state index in [-0.39, 0.29) is 12.4 Å². The third-order valence-corrected chi connectivity index (χ3v) is 4.16. The molecule has 0 spiro atoms. The predicted octanol–water partition coefficient (Wildman–Crippen LogP) is -3.89. The van der Waals surface area contributed by atoms with Gasteiger partial charge >= 0.3 is 0 Å². The Morgan fingerprint density at radius 3 is 2.28 bits per heavy atom. The molecule has 0 bridgehead atoms. The zero-order valence-corrected chi connectivity index (χ0v) is 11.7. The molecule has 2 rings (SSSR count). The normalized spacial score (nSPS) is 17.2. The maximum atomic E-state index is 12.0. The Kier molecular flexibility index (Phi) is 5.55. The first kappa shape index (κ1) is 15.4. The van der Waals surface area contributed by atoms with Crippen molar-refractivity contribution in [3.05, 3.63) is 29.8 Å². The molecule has 5 nitrogen and oxygen atoms in total. The summed E-state index contributed by atoms with van der Waals surface area (Å²) in [4.78, 5) is 2.95. The summed E-state index contributed by atoms with van der Waals surface area (Å²) < 4.78 is 29.3. The summed E-state index contributed by atoms with van der Waals surface area (Å²) in [6.45, 7) is 4.42. The molecule has 18 heavy (non-hydrogen) atoms. The molecule has 1 fully saturated rings. The lowest BCUT2D eigenvalue weighted by Gasteiger charge is -2.23. The first-order valence-corrected chi connectivity index (χ1v) is 7.08. The highest BCUT2D eigenvalue weighted by molar-refractivity contribution is 7.89. The second-order valence-electron chi connectivity index (χ2n) is 4.13. The average Bonchev–Trinajstić information content (AvgIpc) is 2.30. The van der Waals surface area contributed by atoms with Crippen molar-refractivity contribution < 1.29 is 30.6 Å². The molecule has 1 aromatic rings. The van der Waals surface area contributed by atoms with Crippen molar-refractivity contribution in [2.45, 2.75) is 11.8 Å². The Morgan fingerprint density at radius 2 is 1.72 bits per heavy atom. The fourth-order valence-corrected chi connectivity index (χ4v) is 2.88. The van der Waals surface area contributed by atoms with Gasteiger partial charge in [0.1, 0.15) is 13.1 Å². The molecule has 1 saturated heterocycles. The lowest BCUT2D eigenvalue weighted by atomic mass is 10.2. The number of halogens is 1. The van der Waals surface area contributed by atoms with Crippen molar-refractivity contribution in [3.63, 3.8) is 0 Å². The molecule has 0 aliphatic carbocycles. The summed E-state index contributed by atoms with van der Waals surface area (Å²) in [6.07, 6.45) is 0. The number of rotatable bonds is 3. The third kappa shape index (κ3) is 3.93. The van der Waals surface area contributed by atoms with E-state index in [1.54, 1.807) is 24.3 Å². The van der Waals surface area contributed by atoms with Gasteiger partial charge < -0.3 is 17.1 Å². The molecule has 1 aliphatic heterocycles. The van der Waals surface area contributed by atoms with Crippen LogP contribution in [0.25, 0.3) is 0 Å². The van der Waals surface area contributed by atoms with Crippen LogP contribution in [0.1, 0.15) is 5.56 Å². The smallest absolute Gasteiger partial charge is 0.282 e. The summed E-state index contributed by atoms with van der Waals surface area (Å²) in [5, 5.41) is 0.830. The van der Waals surface area contributed by atoms with Gasteiger partial charge in [-0.15, -0.1) is 0 Å². The van der Waals surface area contributed by atoms with E-state index >= 15 is 0 Å². The number of hydrogen-bond donors (Lipinski definition) is 2. The van der Waals surface area contributed by atoms with Crippen LogP contribution in [0.3, 0.4) is 0 Å². The van der Waals surface area contributed by atoms with Gasteiger partial charge in [0.2, 0.25) is 0 Å². The van der Waals surface area contributed by atoms with Crippen molar-refractivity contribution in [1.82, 2.24) is 4.83 Å². The van der Waals surface area contributed by atoms with Crippen LogP contribution in [-0.2, 0) is 14.8 Å². The van der Waals surface area contributed by atoms with E-state index < -0.39 is 10.0 Å². The van der Waals surface area contributed by atoms with E-state index in [0.29, 0.717) is 31.2 Å². The van der Waals surface area contributed by atoms with Crippen molar-refractivity contribution in [2.75, 3.05) is 26.3 Å². The second-order valence-corrected chi connectivity index (χ2v) is 5.82.